The minimum atomic E-state index is -0.246. The summed E-state index contributed by atoms with van der Waals surface area (Å²) < 4.78 is 33.0. The van der Waals surface area contributed by atoms with Gasteiger partial charge in [-0.15, -0.1) is 0 Å². The van der Waals surface area contributed by atoms with Crippen LogP contribution in [0.1, 0.15) is 22.7 Å². The van der Waals surface area contributed by atoms with Gasteiger partial charge in [-0.05, 0) is 41.8 Å². The van der Waals surface area contributed by atoms with Gasteiger partial charge in [0.05, 0.1) is 19.3 Å². The number of hydrogen-bond donors (Lipinski definition) is 2. The standard InChI is InChI=1S/C22H28F2N4O/c1-16-6-7-17(12-20(16)24)14-26-22(25-2)27-15-21(28-8-10-29-11-9-28)18-4-3-5-19(23)13-18/h3-7,12-13,21H,8-11,14-15H2,1-2H3,(H2,25,26,27). The fourth-order valence-electron chi connectivity index (χ4n) is 3.41. The summed E-state index contributed by atoms with van der Waals surface area (Å²) in [5, 5.41) is 6.53. The maximum atomic E-state index is 13.8. The number of morpholine rings is 1. The Balaban J connectivity index is 1.64. The summed E-state index contributed by atoms with van der Waals surface area (Å²) in [4.78, 5) is 6.54. The summed E-state index contributed by atoms with van der Waals surface area (Å²) in [5.41, 5.74) is 2.38. The Kier molecular flexibility index (Phi) is 7.55. The number of rotatable bonds is 6. The van der Waals surface area contributed by atoms with Gasteiger partial charge in [0.15, 0.2) is 5.96 Å². The lowest BCUT2D eigenvalue weighted by Crippen LogP contribution is -2.46. The topological polar surface area (TPSA) is 48.9 Å². The van der Waals surface area contributed by atoms with E-state index < -0.39 is 0 Å². The van der Waals surface area contributed by atoms with E-state index in [4.69, 9.17) is 4.74 Å². The molecule has 1 aliphatic heterocycles. The largest absolute Gasteiger partial charge is 0.379 e. The molecule has 0 aliphatic carbocycles. The van der Waals surface area contributed by atoms with Crippen LogP contribution in [0.15, 0.2) is 47.5 Å². The van der Waals surface area contributed by atoms with Crippen molar-refractivity contribution in [2.45, 2.75) is 19.5 Å². The molecule has 1 heterocycles. The molecule has 29 heavy (non-hydrogen) atoms. The smallest absolute Gasteiger partial charge is 0.191 e. The third-order valence-electron chi connectivity index (χ3n) is 5.10. The van der Waals surface area contributed by atoms with Gasteiger partial charge >= 0.3 is 0 Å². The first-order valence-corrected chi connectivity index (χ1v) is 9.83. The lowest BCUT2D eigenvalue weighted by molar-refractivity contribution is 0.0169. The zero-order valence-electron chi connectivity index (χ0n) is 16.9. The molecule has 1 atom stereocenters. The molecule has 1 saturated heterocycles. The van der Waals surface area contributed by atoms with Gasteiger partial charge in [0.1, 0.15) is 11.6 Å². The van der Waals surface area contributed by atoms with Gasteiger partial charge < -0.3 is 15.4 Å². The molecule has 7 heteroatoms. The number of halogens is 2. The van der Waals surface area contributed by atoms with Crippen molar-refractivity contribution in [1.82, 2.24) is 15.5 Å². The molecule has 3 rings (SSSR count). The van der Waals surface area contributed by atoms with Crippen molar-refractivity contribution >= 4 is 5.96 Å². The normalized spacial score (nSPS) is 16.5. The van der Waals surface area contributed by atoms with Crippen LogP contribution < -0.4 is 10.6 Å². The number of nitrogens with one attached hydrogen (secondary N) is 2. The van der Waals surface area contributed by atoms with E-state index in [1.165, 1.54) is 12.1 Å². The van der Waals surface area contributed by atoms with Gasteiger partial charge in [0.2, 0.25) is 0 Å². The predicted octanol–water partition coefficient (Wildman–Crippen LogP) is 3.01. The Bertz CT molecular complexity index is 837. The number of nitrogens with zero attached hydrogens (tertiary/aromatic N) is 2. The van der Waals surface area contributed by atoms with Crippen LogP contribution in [0.4, 0.5) is 8.78 Å². The van der Waals surface area contributed by atoms with E-state index in [9.17, 15) is 8.78 Å². The van der Waals surface area contributed by atoms with E-state index in [0.717, 1.165) is 24.2 Å². The van der Waals surface area contributed by atoms with Crippen molar-refractivity contribution in [3.05, 3.63) is 70.8 Å². The zero-order valence-corrected chi connectivity index (χ0v) is 16.9. The number of aryl methyl sites for hydroxylation is 1. The first kappa shape index (κ1) is 21.2. The third kappa shape index (κ3) is 5.98. The molecule has 0 saturated carbocycles. The number of guanidine groups is 1. The number of aliphatic imine (C=N–C) groups is 1. The molecule has 1 aliphatic rings. The third-order valence-corrected chi connectivity index (χ3v) is 5.10. The van der Waals surface area contributed by atoms with Gasteiger partial charge in [-0.2, -0.15) is 0 Å². The first-order chi connectivity index (χ1) is 14.1. The molecule has 2 N–H and O–H groups in total. The number of ether oxygens (including phenoxy) is 1. The minimum Gasteiger partial charge on any atom is -0.379 e. The molecule has 0 radical (unpaired) electrons. The summed E-state index contributed by atoms with van der Waals surface area (Å²) in [5.74, 6) is 0.149. The first-order valence-electron chi connectivity index (χ1n) is 9.83. The van der Waals surface area contributed by atoms with Gasteiger partial charge in [-0.25, -0.2) is 8.78 Å². The van der Waals surface area contributed by atoms with Crippen molar-refractivity contribution in [2.75, 3.05) is 39.9 Å². The Labute approximate surface area is 170 Å². The molecule has 1 unspecified atom stereocenters. The Morgan fingerprint density at radius 3 is 2.62 bits per heavy atom. The second-order valence-electron chi connectivity index (χ2n) is 7.11. The van der Waals surface area contributed by atoms with Crippen LogP contribution in [0.2, 0.25) is 0 Å². The summed E-state index contributed by atoms with van der Waals surface area (Å²) >= 11 is 0. The molecule has 0 amide bonds. The average Bonchev–Trinajstić information content (AvgIpc) is 2.74. The van der Waals surface area contributed by atoms with Gasteiger partial charge in [0, 0.05) is 33.2 Å². The van der Waals surface area contributed by atoms with E-state index in [1.54, 1.807) is 32.2 Å². The molecule has 0 bridgehead atoms. The highest BCUT2D eigenvalue weighted by Crippen LogP contribution is 2.22. The molecule has 2 aromatic carbocycles. The maximum Gasteiger partial charge on any atom is 0.191 e. The Morgan fingerprint density at radius 2 is 1.93 bits per heavy atom. The van der Waals surface area contributed by atoms with Crippen LogP contribution in [0, 0.1) is 18.6 Å². The van der Waals surface area contributed by atoms with Crippen LogP contribution >= 0.6 is 0 Å². The maximum absolute atomic E-state index is 13.8. The monoisotopic (exact) mass is 402 g/mol. The van der Waals surface area contributed by atoms with Crippen molar-refractivity contribution in [2.24, 2.45) is 4.99 Å². The molecular formula is C22H28F2N4O. The summed E-state index contributed by atoms with van der Waals surface area (Å²) in [6.45, 7) is 5.67. The van der Waals surface area contributed by atoms with Crippen molar-refractivity contribution in [3.63, 3.8) is 0 Å². The van der Waals surface area contributed by atoms with E-state index >= 15 is 0 Å². The molecule has 2 aromatic rings. The van der Waals surface area contributed by atoms with Gasteiger partial charge in [0.25, 0.3) is 0 Å². The summed E-state index contributed by atoms with van der Waals surface area (Å²) in [6.07, 6.45) is 0. The lowest BCUT2D eigenvalue weighted by Gasteiger charge is -2.35. The molecule has 0 aromatic heterocycles. The minimum absolute atomic E-state index is 0.00929. The van der Waals surface area contributed by atoms with E-state index in [2.05, 4.69) is 20.5 Å². The van der Waals surface area contributed by atoms with Crippen LogP contribution in [-0.4, -0.2) is 50.8 Å². The van der Waals surface area contributed by atoms with Crippen LogP contribution in [0.25, 0.3) is 0 Å². The SMILES string of the molecule is CN=C(NCc1ccc(C)c(F)c1)NCC(c1cccc(F)c1)N1CCOCC1. The van der Waals surface area contributed by atoms with Crippen molar-refractivity contribution < 1.29 is 13.5 Å². The highest BCUT2D eigenvalue weighted by Gasteiger charge is 2.23. The fourth-order valence-corrected chi connectivity index (χ4v) is 3.41. The highest BCUT2D eigenvalue weighted by atomic mass is 19.1. The molecular weight excluding hydrogens is 374 g/mol. The second-order valence-corrected chi connectivity index (χ2v) is 7.11. The Hall–Kier alpha value is -2.51. The van der Waals surface area contributed by atoms with E-state index in [0.29, 0.717) is 37.8 Å². The lowest BCUT2D eigenvalue weighted by atomic mass is 10.0. The van der Waals surface area contributed by atoms with Crippen molar-refractivity contribution in [3.8, 4) is 0 Å². The zero-order chi connectivity index (χ0) is 20.6. The quantitative estimate of drug-likeness (QED) is 0.576. The van der Waals surface area contributed by atoms with E-state index in [1.807, 2.05) is 12.1 Å². The number of hydrogen-bond acceptors (Lipinski definition) is 3. The van der Waals surface area contributed by atoms with Gasteiger partial charge in [-0.1, -0.05) is 24.3 Å². The van der Waals surface area contributed by atoms with Crippen molar-refractivity contribution in [1.29, 1.82) is 0 Å². The van der Waals surface area contributed by atoms with Crippen LogP contribution in [-0.2, 0) is 11.3 Å². The molecule has 156 valence electrons. The Morgan fingerprint density at radius 1 is 1.14 bits per heavy atom. The summed E-state index contributed by atoms with van der Waals surface area (Å²) in [7, 11) is 1.69. The molecule has 0 spiro atoms. The van der Waals surface area contributed by atoms with E-state index in [-0.39, 0.29) is 17.7 Å². The fraction of sp³-hybridized carbons (Fsp3) is 0.409. The highest BCUT2D eigenvalue weighted by molar-refractivity contribution is 5.79. The summed E-state index contributed by atoms with van der Waals surface area (Å²) in [6, 6.07) is 11.9. The molecule has 1 fully saturated rings. The van der Waals surface area contributed by atoms with Crippen LogP contribution in [0.5, 0.6) is 0 Å². The van der Waals surface area contributed by atoms with Gasteiger partial charge in [-0.3, -0.25) is 9.89 Å². The average molecular weight is 402 g/mol. The molecule has 5 nitrogen and oxygen atoms in total. The van der Waals surface area contributed by atoms with Crippen LogP contribution in [0.3, 0.4) is 0 Å². The number of benzene rings is 2. The predicted molar refractivity (Wildman–Crippen MR) is 111 cm³/mol. The second kappa shape index (κ2) is 10.3.